The SMILES string of the molecule is COC(=O)C[C@H]1CCC[C@@H](NCc2ccccc2)[C@@H]1c1cnc2ccccc2c1. The van der Waals surface area contributed by atoms with Gasteiger partial charge in [-0.3, -0.25) is 9.78 Å². The van der Waals surface area contributed by atoms with E-state index in [1.807, 2.05) is 30.5 Å². The predicted octanol–water partition coefficient (Wildman–Crippen LogP) is 4.84. The number of pyridine rings is 1. The van der Waals surface area contributed by atoms with Gasteiger partial charge in [0.15, 0.2) is 0 Å². The van der Waals surface area contributed by atoms with Crippen molar-refractivity contribution in [1.29, 1.82) is 0 Å². The van der Waals surface area contributed by atoms with Gasteiger partial charge in [-0.25, -0.2) is 0 Å². The maximum absolute atomic E-state index is 12.1. The highest BCUT2D eigenvalue weighted by Gasteiger charge is 2.36. The van der Waals surface area contributed by atoms with Crippen LogP contribution in [-0.4, -0.2) is 24.1 Å². The van der Waals surface area contributed by atoms with Crippen LogP contribution in [0.1, 0.15) is 42.7 Å². The third-order valence-electron chi connectivity index (χ3n) is 6.10. The van der Waals surface area contributed by atoms with Gasteiger partial charge < -0.3 is 10.1 Å². The van der Waals surface area contributed by atoms with Crippen LogP contribution in [0.3, 0.4) is 0 Å². The number of ether oxygens (including phenoxy) is 1. The summed E-state index contributed by atoms with van der Waals surface area (Å²) in [5.74, 6) is 0.369. The standard InChI is InChI=1S/C25H28N2O2/c1-29-24(28)15-20-11-7-13-23(26-16-18-8-3-2-4-9-18)25(20)21-14-19-10-5-6-12-22(19)27-17-21/h2-6,8-10,12,14,17,20,23,25-26H,7,11,13,15-16H2,1H3/t20-,23-,25+/m1/s1. The lowest BCUT2D eigenvalue weighted by atomic mass is 9.71. The number of fused-ring (bicyclic) bond motifs is 1. The molecule has 0 unspecified atom stereocenters. The summed E-state index contributed by atoms with van der Waals surface area (Å²) in [6.45, 7) is 0.827. The number of nitrogens with zero attached hydrogens (tertiary/aromatic N) is 1. The number of para-hydroxylation sites is 1. The fraction of sp³-hybridized carbons (Fsp3) is 0.360. The average Bonchev–Trinajstić information content (AvgIpc) is 2.78. The molecule has 0 amide bonds. The number of rotatable bonds is 6. The van der Waals surface area contributed by atoms with Crippen molar-refractivity contribution >= 4 is 16.9 Å². The highest BCUT2D eigenvalue weighted by molar-refractivity contribution is 5.79. The number of aromatic nitrogens is 1. The van der Waals surface area contributed by atoms with Crippen LogP contribution in [0, 0.1) is 5.92 Å². The molecule has 29 heavy (non-hydrogen) atoms. The molecule has 4 rings (SSSR count). The van der Waals surface area contributed by atoms with Crippen molar-refractivity contribution in [2.45, 2.75) is 44.2 Å². The highest BCUT2D eigenvalue weighted by atomic mass is 16.5. The summed E-state index contributed by atoms with van der Waals surface area (Å²) in [6.07, 6.45) is 5.71. The van der Waals surface area contributed by atoms with Crippen molar-refractivity contribution < 1.29 is 9.53 Å². The molecule has 0 spiro atoms. The minimum atomic E-state index is -0.127. The fourth-order valence-electron chi connectivity index (χ4n) is 4.66. The smallest absolute Gasteiger partial charge is 0.305 e. The Morgan fingerprint density at radius 1 is 1.10 bits per heavy atom. The van der Waals surface area contributed by atoms with E-state index in [0.29, 0.717) is 12.5 Å². The molecule has 1 saturated carbocycles. The fourth-order valence-corrected chi connectivity index (χ4v) is 4.66. The molecule has 4 heteroatoms. The Labute approximate surface area is 172 Å². The quantitative estimate of drug-likeness (QED) is 0.614. The second-order valence-electron chi connectivity index (χ2n) is 7.93. The van der Waals surface area contributed by atoms with E-state index in [9.17, 15) is 4.79 Å². The Bertz CT molecular complexity index is 957. The number of carbonyl (C=O) groups is 1. The molecule has 1 aliphatic rings. The maximum Gasteiger partial charge on any atom is 0.305 e. The van der Waals surface area contributed by atoms with Gasteiger partial charge in [0.2, 0.25) is 0 Å². The van der Waals surface area contributed by atoms with Crippen LogP contribution < -0.4 is 5.32 Å². The lowest BCUT2D eigenvalue weighted by Crippen LogP contribution is -2.41. The number of carbonyl (C=O) groups excluding carboxylic acids is 1. The highest BCUT2D eigenvalue weighted by Crippen LogP contribution is 2.40. The Morgan fingerprint density at radius 3 is 2.72 bits per heavy atom. The molecular weight excluding hydrogens is 360 g/mol. The zero-order chi connectivity index (χ0) is 20.1. The first-order valence-electron chi connectivity index (χ1n) is 10.4. The molecule has 2 aromatic carbocycles. The van der Waals surface area contributed by atoms with Crippen molar-refractivity contribution in [3.63, 3.8) is 0 Å². The molecule has 150 valence electrons. The number of esters is 1. The van der Waals surface area contributed by atoms with E-state index < -0.39 is 0 Å². The second kappa shape index (κ2) is 9.19. The summed E-state index contributed by atoms with van der Waals surface area (Å²) >= 11 is 0. The predicted molar refractivity (Wildman–Crippen MR) is 116 cm³/mol. The summed E-state index contributed by atoms with van der Waals surface area (Å²) in [6, 6.07) is 21.2. The van der Waals surface area contributed by atoms with Gasteiger partial charge in [0.1, 0.15) is 0 Å². The molecule has 0 radical (unpaired) electrons. The molecule has 1 aliphatic carbocycles. The van der Waals surface area contributed by atoms with Crippen LogP contribution in [0.4, 0.5) is 0 Å². The average molecular weight is 389 g/mol. The van der Waals surface area contributed by atoms with Gasteiger partial charge in [0.25, 0.3) is 0 Å². The first kappa shape index (κ1) is 19.6. The van der Waals surface area contributed by atoms with Gasteiger partial charge in [0, 0.05) is 36.5 Å². The van der Waals surface area contributed by atoms with Crippen LogP contribution in [0.15, 0.2) is 66.9 Å². The number of methoxy groups -OCH3 is 1. The van der Waals surface area contributed by atoms with Crippen LogP contribution >= 0.6 is 0 Å². The lowest BCUT2D eigenvalue weighted by Gasteiger charge is -2.39. The Balaban J connectivity index is 1.63. The normalized spacial score (nSPS) is 21.8. The molecule has 0 saturated heterocycles. The third-order valence-corrected chi connectivity index (χ3v) is 6.10. The molecule has 1 fully saturated rings. The number of hydrogen-bond acceptors (Lipinski definition) is 4. The van der Waals surface area contributed by atoms with Gasteiger partial charge in [-0.05, 0) is 42.0 Å². The van der Waals surface area contributed by atoms with Crippen LogP contribution in [0.5, 0.6) is 0 Å². The maximum atomic E-state index is 12.1. The molecule has 1 aromatic heterocycles. The number of nitrogens with one attached hydrogen (secondary N) is 1. The monoisotopic (exact) mass is 388 g/mol. The largest absolute Gasteiger partial charge is 0.469 e. The first-order valence-corrected chi connectivity index (χ1v) is 10.4. The summed E-state index contributed by atoms with van der Waals surface area (Å²) in [4.78, 5) is 16.8. The third kappa shape index (κ3) is 4.65. The number of hydrogen-bond donors (Lipinski definition) is 1. The Kier molecular flexibility index (Phi) is 6.20. The summed E-state index contributed by atoms with van der Waals surface area (Å²) < 4.78 is 5.00. The van der Waals surface area contributed by atoms with Crippen molar-refractivity contribution in [3.05, 3.63) is 78.0 Å². The lowest BCUT2D eigenvalue weighted by molar-refractivity contribution is -0.142. The van der Waals surface area contributed by atoms with Crippen molar-refractivity contribution in [2.75, 3.05) is 7.11 Å². The summed E-state index contributed by atoms with van der Waals surface area (Å²) in [5, 5.41) is 4.92. The van der Waals surface area contributed by atoms with Crippen LogP contribution in [0.2, 0.25) is 0 Å². The summed E-state index contributed by atoms with van der Waals surface area (Å²) in [7, 11) is 1.48. The zero-order valence-corrected chi connectivity index (χ0v) is 16.9. The second-order valence-corrected chi connectivity index (χ2v) is 7.93. The van der Waals surface area contributed by atoms with Gasteiger partial charge >= 0.3 is 5.97 Å². The number of benzene rings is 2. The molecule has 1 heterocycles. The van der Waals surface area contributed by atoms with E-state index in [1.54, 1.807) is 0 Å². The topological polar surface area (TPSA) is 51.2 Å². The van der Waals surface area contributed by atoms with E-state index in [4.69, 9.17) is 9.72 Å². The van der Waals surface area contributed by atoms with Gasteiger partial charge in [0.05, 0.1) is 12.6 Å². The van der Waals surface area contributed by atoms with Crippen molar-refractivity contribution in [1.82, 2.24) is 10.3 Å². The van der Waals surface area contributed by atoms with E-state index in [-0.39, 0.29) is 17.8 Å². The van der Waals surface area contributed by atoms with E-state index in [2.05, 4.69) is 41.7 Å². The first-order chi connectivity index (χ1) is 14.2. The van der Waals surface area contributed by atoms with Gasteiger partial charge in [-0.2, -0.15) is 0 Å². The molecule has 0 aliphatic heterocycles. The molecule has 3 atom stereocenters. The minimum absolute atomic E-state index is 0.127. The minimum Gasteiger partial charge on any atom is -0.469 e. The van der Waals surface area contributed by atoms with Crippen molar-refractivity contribution in [2.24, 2.45) is 5.92 Å². The van der Waals surface area contributed by atoms with Crippen LogP contribution in [0.25, 0.3) is 10.9 Å². The van der Waals surface area contributed by atoms with Gasteiger partial charge in [-0.1, -0.05) is 55.0 Å². The Morgan fingerprint density at radius 2 is 1.90 bits per heavy atom. The molecular formula is C25H28N2O2. The van der Waals surface area contributed by atoms with E-state index >= 15 is 0 Å². The summed E-state index contributed by atoms with van der Waals surface area (Å²) in [5.41, 5.74) is 3.49. The van der Waals surface area contributed by atoms with E-state index in [0.717, 1.165) is 36.7 Å². The molecule has 3 aromatic rings. The Hall–Kier alpha value is -2.72. The zero-order valence-electron chi connectivity index (χ0n) is 16.9. The molecule has 4 nitrogen and oxygen atoms in total. The molecule has 1 N–H and O–H groups in total. The van der Waals surface area contributed by atoms with Crippen LogP contribution in [-0.2, 0) is 16.1 Å². The van der Waals surface area contributed by atoms with Gasteiger partial charge in [-0.15, -0.1) is 0 Å². The molecule has 0 bridgehead atoms. The van der Waals surface area contributed by atoms with Crippen molar-refractivity contribution in [3.8, 4) is 0 Å². The van der Waals surface area contributed by atoms with E-state index in [1.165, 1.54) is 18.2 Å².